The molecule has 1 N–H and O–H groups in total. The van der Waals surface area contributed by atoms with E-state index < -0.39 is 11.7 Å². The Labute approximate surface area is 140 Å². The predicted molar refractivity (Wildman–Crippen MR) is 90.7 cm³/mol. The molecule has 0 aliphatic rings. The smallest absolute Gasteiger partial charge is 0.413 e. The van der Waals surface area contributed by atoms with Crippen LogP contribution in [-0.4, -0.2) is 41.8 Å². The minimum absolute atomic E-state index is 0.232. The average Bonchev–Trinajstić information content (AvgIpc) is 2.50. The number of hydroxylamine groups is 2. The van der Waals surface area contributed by atoms with E-state index in [0.717, 1.165) is 5.06 Å². The van der Waals surface area contributed by atoms with E-state index in [1.165, 1.54) is 20.2 Å². The van der Waals surface area contributed by atoms with Crippen molar-refractivity contribution in [3.8, 4) is 0 Å². The van der Waals surface area contributed by atoms with E-state index in [4.69, 9.17) is 9.57 Å². The number of para-hydroxylation sites is 1. The van der Waals surface area contributed by atoms with Gasteiger partial charge in [0.2, 0.25) is 0 Å². The van der Waals surface area contributed by atoms with Gasteiger partial charge in [0.25, 0.3) is 5.91 Å². The molecule has 0 fully saturated rings. The molecule has 0 saturated carbocycles. The molecular formula is C17H21N3O4. The molecule has 7 nitrogen and oxygen atoms in total. The van der Waals surface area contributed by atoms with Crippen molar-refractivity contribution < 1.29 is 19.2 Å². The van der Waals surface area contributed by atoms with Crippen molar-refractivity contribution >= 4 is 28.7 Å². The van der Waals surface area contributed by atoms with Gasteiger partial charge in [0.15, 0.2) is 0 Å². The molecule has 2 aromatic rings. The second-order valence-electron chi connectivity index (χ2n) is 6.18. The third kappa shape index (κ3) is 4.20. The molecule has 0 radical (unpaired) electrons. The Morgan fingerprint density at radius 3 is 2.50 bits per heavy atom. The van der Waals surface area contributed by atoms with Crippen molar-refractivity contribution in [2.24, 2.45) is 0 Å². The van der Waals surface area contributed by atoms with E-state index in [1.54, 1.807) is 39.0 Å². The van der Waals surface area contributed by atoms with Crippen LogP contribution in [0.25, 0.3) is 10.9 Å². The second-order valence-corrected chi connectivity index (χ2v) is 6.18. The summed E-state index contributed by atoms with van der Waals surface area (Å²) in [5.41, 5.74) is 0.325. The summed E-state index contributed by atoms with van der Waals surface area (Å²) in [4.78, 5) is 33.7. The number of hydrogen-bond donors (Lipinski definition) is 1. The monoisotopic (exact) mass is 331 g/mol. The van der Waals surface area contributed by atoms with Gasteiger partial charge in [0, 0.05) is 12.4 Å². The molecular weight excluding hydrogens is 310 g/mol. The molecule has 0 atom stereocenters. The predicted octanol–water partition coefficient (Wildman–Crippen LogP) is 3.22. The number of hydrogen-bond acceptors (Lipinski definition) is 5. The van der Waals surface area contributed by atoms with Gasteiger partial charge < -0.3 is 4.74 Å². The minimum Gasteiger partial charge on any atom is -0.444 e. The zero-order valence-corrected chi connectivity index (χ0v) is 14.4. The number of benzene rings is 1. The van der Waals surface area contributed by atoms with Gasteiger partial charge >= 0.3 is 6.09 Å². The van der Waals surface area contributed by atoms with Gasteiger partial charge in [-0.3, -0.25) is 14.9 Å². The molecule has 2 rings (SSSR count). The molecule has 0 aliphatic heterocycles. The molecule has 0 saturated heterocycles. The van der Waals surface area contributed by atoms with Crippen LogP contribution in [0.4, 0.5) is 10.6 Å². The Balaban J connectivity index is 2.42. The highest BCUT2D eigenvalue weighted by molar-refractivity contribution is 6.07. The van der Waals surface area contributed by atoms with Crippen molar-refractivity contribution in [2.75, 3.05) is 19.5 Å². The number of amides is 2. The summed E-state index contributed by atoms with van der Waals surface area (Å²) in [5.74, 6) is -0.112. The first-order chi connectivity index (χ1) is 11.2. The Kier molecular flexibility index (Phi) is 5.04. The number of nitrogens with one attached hydrogen (secondary N) is 1. The van der Waals surface area contributed by atoms with Crippen molar-refractivity contribution in [3.63, 3.8) is 0 Å². The molecule has 0 bridgehead atoms. The summed E-state index contributed by atoms with van der Waals surface area (Å²) in [7, 11) is 2.92. The molecule has 128 valence electrons. The van der Waals surface area contributed by atoms with Gasteiger partial charge in [-0.05, 0) is 32.9 Å². The van der Waals surface area contributed by atoms with E-state index >= 15 is 0 Å². The summed E-state index contributed by atoms with van der Waals surface area (Å²) in [6.07, 6.45) is -0.635. The fraction of sp³-hybridized carbons (Fsp3) is 0.353. The van der Waals surface area contributed by atoms with Crippen molar-refractivity contribution in [1.29, 1.82) is 0 Å². The number of carbonyl (C=O) groups excluding carboxylic acids is 2. The van der Waals surface area contributed by atoms with E-state index in [2.05, 4.69) is 10.3 Å². The minimum atomic E-state index is -0.635. The molecule has 0 unspecified atom stereocenters. The molecule has 0 aliphatic carbocycles. The lowest BCUT2D eigenvalue weighted by Gasteiger charge is -2.20. The fourth-order valence-corrected chi connectivity index (χ4v) is 2.08. The summed E-state index contributed by atoms with van der Waals surface area (Å²) in [6.45, 7) is 5.30. The van der Waals surface area contributed by atoms with E-state index in [-0.39, 0.29) is 11.7 Å². The molecule has 0 spiro atoms. The van der Waals surface area contributed by atoms with Crippen LogP contribution in [0.3, 0.4) is 0 Å². The maximum atomic E-state index is 12.5. The summed E-state index contributed by atoms with van der Waals surface area (Å²) in [5, 5.41) is 4.34. The zero-order valence-electron chi connectivity index (χ0n) is 14.4. The van der Waals surface area contributed by atoms with E-state index in [1.807, 2.05) is 6.07 Å². The van der Waals surface area contributed by atoms with E-state index in [0.29, 0.717) is 16.5 Å². The number of nitrogens with zero attached hydrogens (tertiary/aromatic N) is 2. The highest BCUT2D eigenvalue weighted by Gasteiger charge is 2.20. The van der Waals surface area contributed by atoms with Gasteiger partial charge in [0.05, 0.1) is 18.2 Å². The maximum Gasteiger partial charge on any atom is 0.413 e. The number of pyridine rings is 1. The molecule has 24 heavy (non-hydrogen) atoms. The van der Waals surface area contributed by atoms with Crippen LogP contribution in [0.15, 0.2) is 30.3 Å². The van der Waals surface area contributed by atoms with Gasteiger partial charge in [-0.15, -0.1) is 0 Å². The van der Waals surface area contributed by atoms with Gasteiger partial charge in [0.1, 0.15) is 11.4 Å². The Bertz CT molecular complexity index is 768. The topological polar surface area (TPSA) is 80.8 Å². The Morgan fingerprint density at radius 1 is 1.21 bits per heavy atom. The largest absolute Gasteiger partial charge is 0.444 e. The number of aromatic nitrogens is 1. The molecule has 7 heteroatoms. The van der Waals surface area contributed by atoms with E-state index in [9.17, 15) is 9.59 Å². The first-order valence-electron chi connectivity index (χ1n) is 7.43. The van der Waals surface area contributed by atoms with Gasteiger partial charge in [-0.25, -0.2) is 14.8 Å². The van der Waals surface area contributed by atoms with Crippen molar-refractivity contribution in [3.05, 3.63) is 35.9 Å². The maximum absolute atomic E-state index is 12.5. The summed E-state index contributed by atoms with van der Waals surface area (Å²) < 4.78 is 5.21. The highest BCUT2D eigenvalue weighted by atomic mass is 16.7. The lowest BCUT2D eigenvalue weighted by atomic mass is 10.1. The number of rotatable bonds is 3. The SMILES string of the molecule is CON(C)C(=O)c1cc(NC(=O)OC(C)(C)C)nc2ccccc12. The third-order valence-electron chi connectivity index (χ3n) is 3.14. The lowest BCUT2D eigenvalue weighted by molar-refractivity contribution is -0.0755. The van der Waals surface area contributed by atoms with Crippen LogP contribution >= 0.6 is 0 Å². The quantitative estimate of drug-likeness (QED) is 0.874. The fourth-order valence-electron chi connectivity index (χ4n) is 2.08. The standard InChI is InChI=1S/C17H21N3O4/c1-17(2,3)24-16(22)19-14-10-12(15(21)20(4)23-5)11-8-6-7-9-13(11)18-14/h6-10H,1-5H3,(H,18,19,22). The van der Waals surface area contributed by atoms with Gasteiger partial charge in [-0.1, -0.05) is 18.2 Å². The molecule has 1 aromatic carbocycles. The van der Waals surface area contributed by atoms with Crippen LogP contribution in [0, 0.1) is 0 Å². The van der Waals surface area contributed by atoms with Crippen molar-refractivity contribution in [2.45, 2.75) is 26.4 Å². The summed E-state index contributed by atoms with van der Waals surface area (Å²) in [6, 6.07) is 8.68. The first-order valence-corrected chi connectivity index (χ1v) is 7.43. The van der Waals surface area contributed by atoms with Crippen LogP contribution in [-0.2, 0) is 9.57 Å². The van der Waals surface area contributed by atoms with Gasteiger partial charge in [-0.2, -0.15) is 0 Å². The van der Waals surface area contributed by atoms with Crippen molar-refractivity contribution in [1.82, 2.24) is 10.0 Å². The zero-order chi connectivity index (χ0) is 17.9. The number of ether oxygens (including phenoxy) is 1. The summed E-state index contributed by atoms with van der Waals surface area (Å²) >= 11 is 0. The lowest BCUT2D eigenvalue weighted by Crippen LogP contribution is -2.28. The second kappa shape index (κ2) is 6.84. The number of anilines is 1. The Hall–Kier alpha value is -2.67. The third-order valence-corrected chi connectivity index (χ3v) is 3.14. The highest BCUT2D eigenvalue weighted by Crippen LogP contribution is 2.22. The van der Waals surface area contributed by atoms with Crippen LogP contribution in [0.5, 0.6) is 0 Å². The molecule has 1 heterocycles. The molecule has 1 aromatic heterocycles. The average molecular weight is 331 g/mol. The Morgan fingerprint density at radius 2 is 1.88 bits per heavy atom. The van der Waals surface area contributed by atoms with Crippen LogP contribution in [0.2, 0.25) is 0 Å². The van der Waals surface area contributed by atoms with Crippen LogP contribution in [0.1, 0.15) is 31.1 Å². The first kappa shape index (κ1) is 17.7. The van der Waals surface area contributed by atoms with Crippen LogP contribution < -0.4 is 5.32 Å². The number of carbonyl (C=O) groups is 2. The molecule has 2 amide bonds. The number of fused-ring (bicyclic) bond motifs is 1. The normalized spacial score (nSPS) is 11.2.